The predicted molar refractivity (Wildman–Crippen MR) is 77.6 cm³/mol. The molecule has 1 heterocycles. The van der Waals surface area contributed by atoms with Crippen molar-refractivity contribution in [3.05, 3.63) is 35.4 Å². The van der Waals surface area contributed by atoms with E-state index in [0.29, 0.717) is 11.7 Å². The van der Waals surface area contributed by atoms with E-state index in [1.54, 1.807) is 0 Å². The van der Waals surface area contributed by atoms with Crippen LogP contribution in [-0.2, 0) is 0 Å². The zero-order valence-corrected chi connectivity index (χ0v) is 11.5. The van der Waals surface area contributed by atoms with Crippen molar-refractivity contribution >= 4 is 5.78 Å². The Hall–Kier alpha value is -1.15. The Morgan fingerprint density at radius 1 is 1.05 bits per heavy atom. The lowest BCUT2D eigenvalue weighted by Gasteiger charge is -2.26. The Kier molecular flexibility index (Phi) is 3.97. The van der Waals surface area contributed by atoms with Crippen molar-refractivity contribution in [3.8, 4) is 0 Å². The smallest absolute Gasteiger partial charge is 0.179 e. The lowest BCUT2D eigenvalue weighted by molar-refractivity contribution is 0.0940. The van der Waals surface area contributed by atoms with Crippen LogP contribution in [-0.4, -0.2) is 18.4 Å². The number of hydrogen-bond donors (Lipinski definition) is 1. The number of rotatable bonds is 3. The highest BCUT2D eigenvalue weighted by molar-refractivity contribution is 6.00. The van der Waals surface area contributed by atoms with E-state index >= 15 is 0 Å². The van der Waals surface area contributed by atoms with Gasteiger partial charge in [0.1, 0.15) is 0 Å². The summed E-state index contributed by atoms with van der Waals surface area (Å²) in [6, 6.07) is 8.40. The minimum atomic E-state index is 0.0409. The highest BCUT2D eigenvalue weighted by Crippen LogP contribution is 2.36. The third-order valence-corrected chi connectivity index (χ3v) is 4.62. The molecule has 3 rings (SSSR count). The maximum Gasteiger partial charge on any atom is 0.179 e. The Morgan fingerprint density at radius 3 is 2.74 bits per heavy atom. The topological polar surface area (TPSA) is 29.1 Å². The molecule has 19 heavy (non-hydrogen) atoms. The van der Waals surface area contributed by atoms with E-state index < -0.39 is 0 Å². The molecule has 1 aliphatic carbocycles. The molecule has 0 aromatic heterocycles. The van der Waals surface area contributed by atoms with E-state index in [1.165, 1.54) is 44.1 Å². The van der Waals surface area contributed by atoms with E-state index in [-0.39, 0.29) is 6.04 Å². The fourth-order valence-corrected chi connectivity index (χ4v) is 3.14. The summed E-state index contributed by atoms with van der Waals surface area (Å²) in [5.41, 5.74) is 2.27. The lowest BCUT2D eigenvalue weighted by Crippen LogP contribution is -2.36. The zero-order valence-electron chi connectivity index (χ0n) is 11.5. The monoisotopic (exact) mass is 257 g/mol. The molecule has 1 aliphatic heterocycles. The van der Waals surface area contributed by atoms with Crippen molar-refractivity contribution in [1.82, 2.24) is 5.32 Å². The summed E-state index contributed by atoms with van der Waals surface area (Å²) in [5, 5.41) is 3.41. The molecule has 0 amide bonds. The van der Waals surface area contributed by atoms with E-state index in [2.05, 4.69) is 23.5 Å². The van der Waals surface area contributed by atoms with Crippen LogP contribution in [0.3, 0.4) is 0 Å². The molecule has 1 atom stereocenters. The predicted octanol–water partition coefficient (Wildman–Crippen LogP) is 3.67. The van der Waals surface area contributed by atoms with Gasteiger partial charge in [-0.25, -0.2) is 0 Å². The largest absolute Gasteiger partial charge is 0.307 e. The average molecular weight is 257 g/mol. The van der Waals surface area contributed by atoms with E-state index in [9.17, 15) is 4.79 Å². The Morgan fingerprint density at radius 2 is 1.95 bits per heavy atom. The van der Waals surface area contributed by atoms with E-state index in [0.717, 1.165) is 18.5 Å². The number of ketones is 1. The van der Waals surface area contributed by atoms with Crippen LogP contribution >= 0.6 is 0 Å². The molecule has 0 spiro atoms. The molecule has 102 valence electrons. The quantitative estimate of drug-likeness (QED) is 0.837. The number of carbonyl (C=O) groups excluding carboxylic acids is 1. The molecule has 1 saturated heterocycles. The van der Waals surface area contributed by atoms with Crippen LogP contribution in [0.1, 0.15) is 66.8 Å². The number of benzene rings is 1. The van der Waals surface area contributed by atoms with Gasteiger partial charge < -0.3 is 5.32 Å². The van der Waals surface area contributed by atoms with Gasteiger partial charge in [-0.05, 0) is 49.8 Å². The summed E-state index contributed by atoms with van der Waals surface area (Å²) < 4.78 is 0. The minimum absolute atomic E-state index is 0.0409. The molecular weight excluding hydrogens is 234 g/mol. The maximum atomic E-state index is 12.6. The Bertz CT molecular complexity index is 442. The van der Waals surface area contributed by atoms with Crippen molar-refractivity contribution in [3.63, 3.8) is 0 Å². The molecule has 1 aromatic rings. The summed E-state index contributed by atoms with van der Waals surface area (Å²) in [7, 11) is 0. The van der Waals surface area contributed by atoms with Gasteiger partial charge in [0.2, 0.25) is 0 Å². The van der Waals surface area contributed by atoms with Crippen LogP contribution in [0.2, 0.25) is 0 Å². The standard InChI is InChI=1S/C17H23NO/c19-17(16-10-2-1-3-11-18-16)15-9-5-8-14(12-15)13-6-4-7-13/h5,8-9,12-13,16,18H,1-4,6-7,10-11H2. The first-order valence-corrected chi connectivity index (χ1v) is 7.72. The molecular formula is C17H23NO. The van der Waals surface area contributed by atoms with Gasteiger partial charge in [0, 0.05) is 5.56 Å². The van der Waals surface area contributed by atoms with Crippen LogP contribution in [0.25, 0.3) is 0 Å². The summed E-state index contributed by atoms with van der Waals surface area (Å²) in [6.45, 7) is 0.985. The second-order valence-corrected chi connectivity index (χ2v) is 5.97. The minimum Gasteiger partial charge on any atom is -0.307 e. The number of Topliss-reactive ketones (excluding diaryl/α,β-unsaturated/α-hetero) is 1. The number of carbonyl (C=O) groups is 1. The molecule has 0 radical (unpaired) electrons. The third-order valence-electron chi connectivity index (χ3n) is 4.62. The summed E-state index contributed by atoms with van der Waals surface area (Å²) in [4.78, 5) is 12.6. The van der Waals surface area contributed by atoms with Gasteiger partial charge in [-0.15, -0.1) is 0 Å². The third kappa shape index (κ3) is 2.89. The van der Waals surface area contributed by atoms with Crippen molar-refractivity contribution in [2.75, 3.05) is 6.54 Å². The first-order chi connectivity index (χ1) is 9.34. The van der Waals surface area contributed by atoms with Crippen molar-refractivity contribution in [2.24, 2.45) is 0 Å². The molecule has 2 heteroatoms. The zero-order chi connectivity index (χ0) is 13.1. The average Bonchev–Trinajstić information content (AvgIpc) is 2.65. The van der Waals surface area contributed by atoms with Crippen molar-refractivity contribution in [2.45, 2.75) is 56.9 Å². The molecule has 1 unspecified atom stereocenters. The fraction of sp³-hybridized carbons (Fsp3) is 0.588. The van der Waals surface area contributed by atoms with Crippen LogP contribution in [0.15, 0.2) is 24.3 Å². The molecule has 2 aliphatic rings. The van der Waals surface area contributed by atoms with Gasteiger partial charge in [-0.3, -0.25) is 4.79 Å². The SMILES string of the molecule is O=C(c1cccc(C2CCC2)c1)C1CCCCCN1. The second-order valence-electron chi connectivity index (χ2n) is 5.97. The van der Waals surface area contributed by atoms with Crippen molar-refractivity contribution in [1.29, 1.82) is 0 Å². The van der Waals surface area contributed by atoms with Gasteiger partial charge in [-0.2, -0.15) is 0 Å². The highest BCUT2D eigenvalue weighted by atomic mass is 16.1. The van der Waals surface area contributed by atoms with Gasteiger partial charge in [0.25, 0.3) is 0 Å². The van der Waals surface area contributed by atoms with Crippen LogP contribution in [0.4, 0.5) is 0 Å². The van der Waals surface area contributed by atoms with Gasteiger partial charge in [-0.1, -0.05) is 37.5 Å². The summed E-state index contributed by atoms with van der Waals surface area (Å²) in [5.74, 6) is 0.998. The first-order valence-electron chi connectivity index (χ1n) is 7.72. The molecule has 2 nitrogen and oxygen atoms in total. The van der Waals surface area contributed by atoms with Gasteiger partial charge in [0.15, 0.2) is 5.78 Å². The fourth-order valence-electron chi connectivity index (χ4n) is 3.14. The van der Waals surface area contributed by atoms with Crippen molar-refractivity contribution < 1.29 is 4.79 Å². The Labute approximate surface area is 115 Å². The van der Waals surface area contributed by atoms with E-state index in [1.807, 2.05) is 6.07 Å². The van der Waals surface area contributed by atoms with Crippen LogP contribution < -0.4 is 5.32 Å². The highest BCUT2D eigenvalue weighted by Gasteiger charge is 2.23. The van der Waals surface area contributed by atoms with Gasteiger partial charge in [0.05, 0.1) is 6.04 Å². The first kappa shape index (κ1) is 12.9. The summed E-state index contributed by atoms with van der Waals surface area (Å²) in [6.07, 6.45) is 8.54. The number of hydrogen-bond acceptors (Lipinski definition) is 2. The molecule has 1 saturated carbocycles. The second kappa shape index (κ2) is 5.87. The maximum absolute atomic E-state index is 12.6. The molecule has 1 N–H and O–H groups in total. The molecule has 1 aromatic carbocycles. The lowest BCUT2D eigenvalue weighted by atomic mass is 9.79. The number of nitrogens with one attached hydrogen (secondary N) is 1. The van der Waals surface area contributed by atoms with Crippen LogP contribution in [0, 0.1) is 0 Å². The van der Waals surface area contributed by atoms with Gasteiger partial charge >= 0.3 is 0 Å². The van der Waals surface area contributed by atoms with E-state index in [4.69, 9.17) is 0 Å². The van der Waals surface area contributed by atoms with Crippen LogP contribution in [0.5, 0.6) is 0 Å². The molecule has 0 bridgehead atoms. The normalized spacial score (nSPS) is 24.5. The summed E-state index contributed by atoms with van der Waals surface area (Å²) >= 11 is 0. The Balaban J connectivity index is 1.74. The molecule has 2 fully saturated rings.